The molecule has 1 aliphatic rings. The fraction of sp³-hybridized carbons (Fsp3) is 0.500. The zero-order chi connectivity index (χ0) is 13.0. The lowest BCUT2D eigenvalue weighted by Gasteiger charge is -2.26. The molecule has 2 atom stereocenters. The summed E-state index contributed by atoms with van der Waals surface area (Å²) in [6.45, 7) is 0.688. The summed E-state index contributed by atoms with van der Waals surface area (Å²) in [6, 6.07) is 6.57. The molecule has 1 saturated carbocycles. The average molecular weight is 248 g/mol. The van der Waals surface area contributed by atoms with E-state index >= 15 is 0 Å². The second kappa shape index (κ2) is 5.87. The normalized spacial score (nSPS) is 23.6. The van der Waals surface area contributed by atoms with Crippen molar-refractivity contribution in [1.29, 1.82) is 0 Å². The molecule has 18 heavy (non-hydrogen) atoms. The predicted molar refractivity (Wildman–Crippen MR) is 70.4 cm³/mol. The van der Waals surface area contributed by atoms with Gasteiger partial charge in [0.2, 0.25) is 0 Å². The van der Waals surface area contributed by atoms with Crippen LogP contribution in [0.4, 0.5) is 0 Å². The van der Waals surface area contributed by atoms with Gasteiger partial charge in [-0.15, -0.1) is 0 Å². The number of benzene rings is 1. The number of phenolic OH excluding ortho intramolecular Hbond substituents is 1. The van der Waals surface area contributed by atoms with Gasteiger partial charge in [0.05, 0.1) is 0 Å². The highest BCUT2D eigenvalue weighted by molar-refractivity contribution is 5.94. The number of carbonyl (C=O) groups excluding carboxylic acids is 1. The predicted octanol–water partition coefficient (Wildman–Crippen LogP) is 1.64. The van der Waals surface area contributed by atoms with E-state index in [0.29, 0.717) is 18.0 Å². The van der Waals surface area contributed by atoms with Gasteiger partial charge in [-0.05, 0) is 49.4 Å². The van der Waals surface area contributed by atoms with Gasteiger partial charge < -0.3 is 16.2 Å². The number of hydrogen-bond acceptors (Lipinski definition) is 3. The maximum absolute atomic E-state index is 11.9. The molecule has 1 aromatic rings. The van der Waals surface area contributed by atoms with Crippen LogP contribution in [-0.4, -0.2) is 23.6 Å². The van der Waals surface area contributed by atoms with E-state index in [1.165, 1.54) is 12.1 Å². The first kappa shape index (κ1) is 12.9. The van der Waals surface area contributed by atoms with Crippen molar-refractivity contribution in [2.45, 2.75) is 31.7 Å². The lowest BCUT2D eigenvalue weighted by molar-refractivity contribution is 0.0942. The molecule has 0 aromatic heterocycles. The van der Waals surface area contributed by atoms with E-state index in [-0.39, 0.29) is 17.7 Å². The van der Waals surface area contributed by atoms with E-state index in [2.05, 4.69) is 5.32 Å². The number of rotatable bonds is 3. The van der Waals surface area contributed by atoms with Crippen LogP contribution in [0.5, 0.6) is 5.75 Å². The third-order valence-electron chi connectivity index (χ3n) is 3.50. The summed E-state index contributed by atoms with van der Waals surface area (Å²) in [5.41, 5.74) is 6.50. The van der Waals surface area contributed by atoms with Crippen LogP contribution in [0, 0.1) is 5.92 Å². The molecular formula is C14H20N2O2. The van der Waals surface area contributed by atoms with E-state index in [1.807, 2.05) is 0 Å². The second-order valence-electron chi connectivity index (χ2n) is 5.05. The summed E-state index contributed by atoms with van der Waals surface area (Å²) in [7, 11) is 0. The first-order valence-corrected chi connectivity index (χ1v) is 6.48. The van der Waals surface area contributed by atoms with E-state index in [4.69, 9.17) is 10.8 Å². The van der Waals surface area contributed by atoms with E-state index in [9.17, 15) is 4.79 Å². The maximum Gasteiger partial charge on any atom is 0.251 e. The monoisotopic (exact) mass is 248 g/mol. The van der Waals surface area contributed by atoms with Gasteiger partial charge in [-0.2, -0.15) is 0 Å². The average Bonchev–Trinajstić information content (AvgIpc) is 2.37. The number of nitrogens with two attached hydrogens (primary N) is 1. The van der Waals surface area contributed by atoms with Gasteiger partial charge in [-0.3, -0.25) is 4.79 Å². The molecule has 0 bridgehead atoms. The van der Waals surface area contributed by atoms with Crippen molar-refractivity contribution < 1.29 is 9.90 Å². The largest absolute Gasteiger partial charge is 0.508 e. The molecule has 1 aromatic carbocycles. The molecular weight excluding hydrogens is 228 g/mol. The Balaban J connectivity index is 1.82. The summed E-state index contributed by atoms with van der Waals surface area (Å²) in [6.07, 6.45) is 4.39. The smallest absolute Gasteiger partial charge is 0.251 e. The van der Waals surface area contributed by atoms with Crippen molar-refractivity contribution in [2.24, 2.45) is 11.7 Å². The first-order chi connectivity index (χ1) is 8.65. The zero-order valence-electron chi connectivity index (χ0n) is 10.4. The highest BCUT2D eigenvalue weighted by Crippen LogP contribution is 2.22. The van der Waals surface area contributed by atoms with E-state index in [1.54, 1.807) is 12.1 Å². The van der Waals surface area contributed by atoms with Crippen molar-refractivity contribution in [3.63, 3.8) is 0 Å². The number of aromatic hydroxyl groups is 1. The van der Waals surface area contributed by atoms with Crippen LogP contribution in [-0.2, 0) is 0 Å². The fourth-order valence-electron chi connectivity index (χ4n) is 2.47. The van der Waals surface area contributed by atoms with E-state index in [0.717, 1.165) is 25.7 Å². The molecule has 2 unspecified atom stereocenters. The zero-order valence-corrected chi connectivity index (χ0v) is 10.4. The van der Waals surface area contributed by atoms with Gasteiger partial charge in [0.15, 0.2) is 0 Å². The second-order valence-corrected chi connectivity index (χ2v) is 5.05. The Morgan fingerprint density at radius 2 is 2.06 bits per heavy atom. The van der Waals surface area contributed by atoms with Gasteiger partial charge in [0.25, 0.3) is 5.91 Å². The minimum Gasteiger partial charge on any atom is -0.508 e. The Hall–Kier alpha value is -1.55. The maximum atomic E-state index is 11.9. The van der Waals surface area contributed by atoms with Crippen molar-refractivity contribution in [3.05, 3.63) is 29.8 Å². The van der Waals surface area contributed by atoms with Crippen LogP contribution in [0.1, 0.15) is 36.0 Å². The van der Waals surface area contributed by atoms with Gasteiger partial charge in [-0.25, -0.2) is 0 Å². The lowest BCUT2D eigenvalue weighted by Crippen LogP contribution is -2.35. The number of phenols is 1. The Kier molecular flexibility index (Phi) is 4.20. The molecule has 98 valence electrons. The van der Waals surface area contributed by atoms with Gasteiger partial charge >= 0.3 is 0 Å². The molecule has 0 heterocycles. The number of carbonyl (C=O) groups is 1. The Bertz CT molecular complexity index is 403. The van der Waals surface area contributed by atoms with Crippen molar-refractivity contribution in [2.75, 3.05) is 6.54 Å². The van der Waals surface area contributed by atoms with Crippen molar-refractivity contribution >= 4 is 5.91 Å². The molecule has 4 N–H and O–H groups in total. The SMILES string of the molecule is NC1CCCC(CNC(=O)c2ccc(O)cc2)C1. The Morgan fingerprint density at radius 3 is 2.72 bits per heavy atom. The van der Waals surface area contributed by atoms with Crippen LogP contribution < -0.4 is 11.1 Å². The Morgan fingerprint density at radius 1 is 1.33 bits per heavy atom. The Labute approximate surface area is 107 Å². The third kappa shape index (κ3) is 3.47. The summed E-state index contributed by atoms with van der Waals surface area (Å²) in [5.74, 6) is 0.578. The molecule has 0 aliphatic heterocycles. The molecule has 1 amide bonds. The summed E-state index contributed by atoms with van der Waals surface area (Å²) in [4.78, 5) is 11.9. The minimum atomic E-state index is -0.0888. The quantitative estimate of drug-likeness (QED) is 0.761. The van der Waals surface area contributed by atoms with Crippen LogP contribution in [0.15, 0.2) is 24.3 Å². The molecule has 4 nitrogen and oxygen atoms in total. The third-order valence-corrected chi connectivity index (χ3v) is 3.50. The van der Waals surface area contributed by atoms with Crippen LogP contribution in [0.2, 0.25) is 0 Å². The summed E-state index contributed by atoms with van der Waals surface area (Å²) in [5, 5.41) is 12.1. The standard InChI is InChI=1S/C14H20N2O2/c15-12-3-1-2-10(8-12)9-16-14(18)11-4-6-13(17)7-5-11/h4-7,10,12,17H,1-3,8-9,15H2,(H,16,18). The van der Waals surface area contributed by atoms with Crippen LogP contribution in [0.25, 0.3) is 0 Å². The van der Waals surface area contributed by atoms with Crippen LogP contribution >= 0.6 is 0 Å². The van der Waals surface area contributed by atoms with Crippen molar-refractivity contribution in [1.82, 2.24) is 5.32 Å². The fourth-order valence-corrected chi connectivity index (χ4v) is 2.47. The van der Waals surface area contributed by atoms with Crippen molar-refractivity contribution in [3.8, 4) is 5.75 Å². The molecule has 0 radical (unpaired) electrons. The van der Waals surface area contributed by atoms with Gasteiger partial charge in [0.1, 0.15) is 5.75 Å². The topological polar surface area (TPSA) is 75.3 Å². The number of amides is 1. The van der Waals surface area contributed by atoms with Gasteiger partial charge in [0, 0.05) is 18.2 Å². The highest BCUT2D eigenvalue weighted by Gasteiger charge is 2.19. The molecule has 1 aliphatic carbocycles. The lowest BCUT2D eigenvalue weighted by atomic mass is 9.86. The van der Waals surface area contributed by atoms with E-state index < -0.39 is 0 Å². The molecule has 0 saturated heterocycles. The summed E-state index contributed by atoms with van der Waals surface area (Å²) < 4.78 is 0. The van der Waals surface area contributed by atoms with Crippen LogP contribution in [0.3, 0.4) is 0 Å². The first-order valence-electron chi connectivity index (χ1n) is 6.48. The molecule has 0 spiro atoms. The number of hydrogen-bond donors (Lipinski definition) is 3. The highest BCUT2D eigenvalue weighted by atomic mass is 16.3. The number of nitrogens with one attached hydrogen (secondary N) is 1. The molecule has 2 rings (SSSR count). The van der Waals surface area contributed by atoms with Gasteiger partial charge in [-0.1, -0.05) is 6.42 Å². The summed E-state index contributed by atoms with van der Waals surface area (Å²) >= 11 is 0. The molecule has 1 fully saturated rings. The minimum absolute atomic E-state index is 0.0888. The molecule has 4 heteroatoms.